The minimum absolute atomic E-state index is 0.0815. The molecule has 0 radical (unpaired) electrons. The average Bonchev–Trinajstić information content (AvgIpc) is 2.51. The Kier molecular flexibility index (Phi) is 8.43. The molecule has 0 bridgehead atoms. The number of amides is 2. The van der Waals surface area contributed by atoms with Crippen LogP contribution in [0.3, 0.4) is 0 Å². The predicted octanol–water partition coefficient (Wildman–Crippen LogP) is 4.40. The van der Waals surface area contributed by atoms with Gasteiger partial charge in [-0.2, -0.15) is 13.2 Å². The zero-order valence-electron chi connectivity index (χ0n) is 14.1. The highest BCUT2D eigenvalue weighted by atomic mass is 19.4. The lowest BCUT2D eigenvalue weighted by Crippen LogP contribution is -2.40. The summed E-state index contributed by atoms with van der Waals surface area (Å²) in [5.74, 6) is 0.125. The maximum Gasteiger partial charge on any atom is 0.422 e. The number of urea groups is 1. The van der Waals surface area contributed by atoms with Gasteiger partial charge in [0.25, 0.3) is 0 Å². The van der Waals surface area contributed by atoms with Crippen LogP contribution >= 0.6 is 0 Å². The van der Waals surface area contributed by atoms with Crippen molar-refractivity contribution >= 4 is 6.03 Å². The van der Waals surface area contributed by atoms with Crippen LogP contribution in [0.4, 0.5) is 18.0 Å². The van der Waals surface area contributed by atoms with Crippen molar-refractivity contribution in [1.82, 2.24) is 10.6 Å². The van der Waals surface area contributed by atoms with Crippen molar-refractivity contribution in [1.29, 1.82) is 0 Å². The van der Waals surface area contributed by atoms with Gasteiger partial charge in [0.2, 0.25) is 0 Å². The monoisotopic (exact) mass is 346 g/mol. The lowest BCUT2D eigenvalue weighted by atomic mass is 10.1. The van der Waals surface area contributed by atoms with Crippen molar-refractivity contribution in [2.45, 2.75) is 58.3 Å². The molecule has 0 aliphatic heterocycles. The molecule has 2 N–H and O–H groups in total. The Morgan fingerprint density at radius 3 is 2.71 bits per heavy atom. The summed E-state index contributed by atoms with van der Waals surface area (Å²) in [5.41, 5.74) is 0.670. The Balaban J connectivity index is 2.37. The molecular weight excluding hydrogens is 321 g/mol. The van der Waals surface area contributed by atoms with Crippen LogP contribution in [-0.2, 0) is 6.54 Å². The van der Waals surface area contributed by atoms with E-state index in [0.29, 0.717) is 5.56 Å². The highest BCUT2D eigenvalue weighted by molar-refractivity contribution is 5.74. The number of hydrogen-bond donors (Lipinski definition) is 2. The fraction of sp³-hybridized carbons (Fsp3) is 0.588. The van der Waals surface area contributed by atoms with Crippen LogP contribution in [0, 0.1) is 0 Å². The zero-order chi connectivity index (χ0) is 18.0. The average molecular weight is 346 g/mol. The molecule has 0 aromatic heterocycles. The molecule has 0 heterocycles. The fourth-order valence-electron chi connectivity index (χ4n) is 2.14. The van der Waals surface area contributed by atoms with Gasteiger partial charge in [-0.25, -0.2) is 4.79 Å². The highest BCUT2D eigenvalue weighted by Crippen LogP contribution is 2.19. The molecule has 1 atom stereocenters. The molecule has 136 valence electrons. The van der Waals surface area contributed by atoms with Crippen LogP contribution in [0.25, 0.3) is 0 Å². The third kappa shape index (κ3) is 9.27. The highest BCUT2D eigenvalue weighted by Gasteiger charge is 2.28. The largest absolute Gasteiger partial charge is 0.484 e. The van der Waals surface area contributed by atoms with Gasteiger partial charge >= 0.3 is 12.2 Å². The first-order valence-electron chi connectivity index (χ1n) is 8.13. The van der Waals surface area contributed by atoms with E-state index in [4.69, 9.17) is 0 Å². The van der Waals surface area contributed by atoms with E-state index in [1.807, 2.05) is 6.92 Å². The first-order valence-corrected chi connectivity index (χ1v) is 8.13. The molecule has 2 amide bonds. The van der Waals surface area contributed by atoms with Gasteiger partial charge in [0.15, 0.2) is 6.61 Å². The second-order valence-corrected chi connectivity index (χ2v) is 5.78. The molecule has 4 nitrogen and oxygen atoms in total. The van der Waals surface area contributed by atoms with Gasteiger partial charge in [-0.05, 0) is 31.0 Å². The SMILES string of the molecule is CCCCCC(C)NC(=O)NCc1cccc(OCC(F)(F)F)c1. The van der Waals surface area contributed by atoms with E-state index in [-0.39, 0.29) is 24.4 Å². The van der Waals surface area contributed by atoms with Crippen LogP contribution in [0.5, 0.6) is 5.75 Å². The van der Waals surface area contributed by atoms with E-state index < -0.39 is 12.8 Å². The topological polar surface area (TPSA) is 50.4 Å². The summed E-state index contributed by atoms with van der Waals surface area (Å²) in [5, 5.41) is 5.53. The summed E-state index contributed by atoms with van der Waals surface area (Å²) in [7, 11) is 0. The van der Waals surface area contributed by atoms with Gasteiger partial charge in [-0.3, -0.25) is 0 Å². The number of ether oxygens (including phenoxy) is 1. The van der Waals surface area contributed by atoms with Crippen LogP contribution in [0.2, 0.25) is 0 Å². The number of unbranched alkanes of at least 4 members (excludes halogenated alkanes) is 2. The molecule has 0 aliphatic carbocycles. The van der Waals surface area contributed by atoms with Crippen LogP contribution < -0.4 is 15.4 Å². The van der Waals surface area contributed by atoms with E-state index in [2.05, 4.69) is 22.3 Å². The predicted molar refractivity (Wildman–Crippen MR) is 87.0 cm³/mol. The van der Waals surface area contributed by atoms with Crippen molar-refractivity contribution < 1.29 is 22.7 Å². The third-order valence-corrected chi connectivity index (χ3v) is 3.37. The summed E-state index contributed by atoms with van der Waals surface area (Å²) in [4.78, 5) is 11.8. The number of nitrogens with one attached hydrogen (secondary N) is 2. The first kappa shape index (κ1) is 20.1. The van der Waals surface area contributed by atoms with Gasteiger partial charge in [0.05, 0.1) is 0 Å². The molecule has 1 aromatic rings. The van der Waals surface area contributed by atoms with Gasteiger partial charge in [0.1, 0.15) is 5.75 Å². The van der Waals surface area contributed by atoms with Gasteiger partial charge < -0.3 is 15.4 Å². The normalized spacial score (nSPS) is 12.5. The number of rotatable bonds is 9. The summed E-state index contributed by atoms with van der Waals surface area (Å²) in [6.07, 6.45) is -0.120. The summed E-state index contributed by atoms with van der Waals surface area (Å²) in [6, 6.07) is 6.03. The van der Waals surface area contributed by atoms with Crippen LogP contribution in [-0.4, -0.2) is 24.9 Å². The number of carbonyl (C=O) groups is 1. The van der Waals surface area contributed by atoms with Crippen molar-refractivity contribution in [2.75, 3.05) is 6.61 Å². The molecule has 24 heavy (non-hydrogen) atoms. The summed E-state index contributed by atoms with van der Waals surface area (Å²) >= 11 is 0. The molecule has 1 rings (SSSR count). The smallest absolute Gasteiger partial charge is 0.422 e. The number of benzene rings is 1. The molecule has 0 spiro atoms. The molecule has 1 aromatic carbocycles. The van der Waals surface area contributed by atoms with E-state index in [9.17, 15) is 18.0 Å². The second kappa shape index (κ2) is 10.1. The Bertz CT molecular complexity index is 507. The van der Waals surface area contributed by atoms with Crippen LogP contribution in [0.15, 0.2) is 24.3 Å². The third-order valence-electron chi connectivity index (χ3n) is 3.37. The molecule has 0 saturated heterocycles. The minimum atomic E-state index is -4.37. The Labute approximate surface area is 140 Å². The Morgan fingerprint density at radius 2 is 2.04 bits per heavy atom. The molecular formula is C17H25F3N2O2. The molecule has 0 saturated carbocycles. The number of alkyl halides is 3. The quantitative estimate of drug-likeness (QED) is 0.651. The lowest BCUT2D eigenvalue weighted by molar-refractivity contribution is -0.153. The first-order chi connectivity index (χ1) is 11.3. The van der Waals surface area contributed by atoms with E-state index in [1.165, 1.54) is 12.1 Å². The van der Waals surface area contributed by atoms with Gasteiger partial charge in [0, 0.05) is 12.6 Å². The fourth-order valence-corrected chi connectivity index (χ4v) is 2.14. The minimum Gasteiger partial charge on any atom is -0.484 e. The summed E-state index contributed by atoms with van der Waals surface area (Å²) in [6.45, 7) is 2.95. The van der Waals surface area contributed by atoms with E-state index >= 15 is 0 Å². The van der Waals surface area contributed by atoms with Crippen molar-refractivity contribution in [3.63, 3.8) is 0 Å². The molecule has 7 heteroatoms. The standard InChI is InChI=1S/C17H25F3N2O2/c1-3-4-5-7-13(2)22-16(23)21-11-14-8-6-9-15(10-14)24-12-17(18,19)20/h6,8-10,13H,3-5,7,11-12H2,1-2H3,(H2,21,22,23). The molecule has 1 unspecified atom stereocenters. The number of carbonyl (C=O) groups excluding carboxylic acids is 1. The van der Waals surface area contributed by atoms with E-state index in [1.54, 1.807) is 12.1 Å². The molecule has 0 fully saturated rings. The zero-order valence-corrected chi connectivity index (χ0v) is 14.1. The Morgan fingerprint density at radius 1 is 1.29 bits per heavy atom. The lowest BCUT2D eigenvalue weighted by Gasteiger charge is -2.15. The summed E-state index contributed by atoms with van der Waals surface area (Å²) < 4.78 is 41.1. The maximum absolute atomic E-state index is 12.1. The van der Waals surface area contributed by atoms with Crippen molar-refractivity contribution in [3.05, 3.63) is 29.8 Å². The van der Waals surface area contributed by atoms with Gasteiger partial charge in [-0.1, -0.05) is 38.3 Å². The molecule has 0 aliphatic rings. The Hall–Kier alpha value is -1.92. The number of halogens is 3. The maximum atomic E-state index is 12.1. The second-order valence-electron chi connectivity index (χ2n) is 5.78. The van der Waals surface area contributed by atoms with Crippen LogP contribution in [0.1, 0.15) is 45.1 Å². The van der Waals surface area contributed by atoms with Crippen molar-refractivity contribution in [2.24, 2.45) is 0 Å². The van der Waals surface area contributed by atoms with E-state index in [0.717, 1.165) is 25.7 Å². The van der Waals surface area contributed by atoms with Gasteiger partial charge in [-0.15, -0.1) is 0 Å². The number of hydrogen-bond acceptors (Lipinski definition) is 2. The van der Waals surface area contributed by atoms with Crippen molar-refractivity contribution in [3.8, 4) is 5.75 Å².